The number of halogens is 1. The maximum atomic E-state index is 12.1. The largest absolute Gasteiger partial charge is 0.352 e. The van der Waals surface area contributed by atoms with Crippen LogP contribution in [0, 0.1) is 5.92 Å². The predicted molar refractivity (Wildman–Crippen MR) is 85.2 cm³/mol. The molecule has 0 aromatic heterocycles. The topological polar surface area (TPSA) is 32.3 Å². The van der Waals surface area contributed by atoms with Crippen molar-refractivity contribution in [1.29, 1.82) is 0 Å². The van der Waals surface area contributed by atoms with Crippen LogP contribution >= 0.6 is 11.6 Å². The molecule has 2 fully saturated rings. The molecule has 0 atom stereocenters. The van der Waals surface area contributed by atoms with Crippen molar-refractivity contribution in [2.24, 2.45) is 5.92 Å². The quantitative estimate of drug-likeness (QED) is 0.906. The first-order valence-corrected chi connectivity index (χ1v) is 8.34. The Morgan fingerprint density at radius 1 is 1.19 bits per heavy atom. The highest BCUT2D eigenvalue weighted by Crippen LogP contribution is 2.31. The van der Waals surface area contributed by atoms with Crippen LogP contribution < -0.4 is 5.32 Å². The first kappa shape index (κ1) is 14.9. The molecule has 3 nitrogen and oxygen atoms in total. The fourth-order valence-electron chi connectivity index (χ4n) is 3.13. The molecule has 0 radical (unpaired) electrons. The average Bonchev–Trinajstić information content (AvgIpc) is 3.32. The van der Waals surface area contributed by atoms with Crippen LogP contribution in [0.3, 0.4) is 0 Å². The normalized spacial score (nSPS) is 20.4. The SMILES string of the molecule is O=C(CC1CCN(C2CC2)CC1)NCc1ccccc1Cl. The van der Waals surface area contributed by atoms with Gasteiger partial charge in [0.05, 0.1) is 0 Å². The fourth-order valence-corrected chi connectivity index (χ4v) is 3.33. The van der Waals surface area contributed by atoms with Crippen LogP contribution in [0.5, 0.6) is 0 Å². The first-order chi connectivity index (χ1) is 10.2. The van der Waals surface area contributed by atoms with Gasteiger partial charge in [0.25, 0.3) is 0 Å². The molecule has 1 aliphatic carbocycles. The number of carbonyl (C=O) groups excluding carboxylic acids is 1. The molecule has 0 bridgehead atoms. The summed E-state index contributed by atoms with van der Waals surface area (Å²) in [6, 6.07) is 8.52. The van der Waals surface area contributed by atoms with E-state index in [0.717, 1.165) is 29.5 Å². The number of likely N-dealkylation sites (tertiary alicyclic amines) is 1. The second kappa shape index (κ2) is 6.80. The number of benzene rings is 1. The zero-order chi connectivity index (χ0) is 14.7. The van der Waals surface area contributed by atoms with E-state index in [-0.39, 0.29) is 5.91 Å². The molecule has 1 amide bonds. The van der Waals surface area contributed by atoms with E-state index in [9.17, 15) is 4.79 Å². The van der Waals surface area contributed by atoms with Crippen molar-refractivity contribution in [2.45, 2.75) is 44.7 Å². The number of hydrogen-bond donors (Lipinski definition) is 1. The van der Waals surface area contributed by atoms with E-state index in [2.05, 4.69) is 10.2 Å². The molecule has 1 aromatic carbocycles. The van der Waals surface area contributed by atoms with Crippen LogP contribution in [-0.4, -0.2) is 29.9 Å². The maximum Gasteiger partial charge on any atom is 0.220 e. The van der Waals surface area contributed by atoms with E-state index < -0.39 is 0 Å². The van der Waals surface area contributed by atoms with Crippen molar-refractivity contribution in [3.63, 3.8) is 0 Å². The Labute approximate surface area is 131 Å². The molecule has 3 rings (SSSR count). The lowest BCUT2D eigenvalue weighted by molar-refractivity contribution is -0.122. The molecule has 1 aromatic rings. The van der Waals surface area contributed by atoms with Gasteiger partial charge in [-0.05, 0) is 56.3 Å². The van der Waals surface area contributed by atoms with E-state index in [1.807, 2.05) is 24.3 Å². The van der Waals surface area contributed by atoms with Crippen molar-refractivity contribution in [3.05, 3.63) is 34.9 Å². The minimum Gasteiger partial charge on any atom is -0.352 e. The Bertz CT molecular complexity index is 493. The highest BCUT2D eigenvalue weighted by Gasteiger charge is 2.32. The Morgan fingerprint density at radius 3 is 2.57 bits per heavy atom. The number of hydrogen-bond acceptors (Lipinski definition) is 2. The third kappa shape index (κ3) is 4.21. The number of carbonyl (C=O) groups is 1. The van der Waals surface area contributed by atoms with Crippen LogP contribution in [0.2, 0.25) is 5.02 Å². The summed E-state index contributed by atoms with van der Waals surface area (Å²) in [5.74, 6) is 0.700. The lowest BCUT2D eigenvalue weighted by Crippen LogP contribution is -2.37. The molecular formula is C17H23ClN2O. The van der Waals surface area contributed by atoms with Crippen molar-refractivity contribution in [1.82, 2.24) is 10.2 Å². The lowest BCUT2D eigenvalue weighted by Gasteiger charge is -2.31. The molecule has 1 saturated carbocycles. The van der Waals surface area contributed by atoms with Crippen LogP contribution in [0.1, 0.15) is 37.7 Å². The lowest BCUT2D eigenvalue weighted by atomic mass is 9.93. The van der Waals surface area contributed by atoms with E-state index in [4.69, 9.17) is 11.6 Å². The summed E-state index contributed by atoms with van der Waals surface area (Å²) in [6.45, 7) is 2.87. The molecule has 0 unspecified atom stereocenters. The highest BCUT2D eigenvalue weighted by molar-refractivity contribution is 6.31. The van der Waals surface area contributed by atoms with Crippen LogP contribution in [-0.2, 0) is 11.3 Å². The van der Waals surface area contributed by atoms with Gasteiger partial charge in [-0.15, -0.1) is 0 Å². The third-order valence-electron chi connectivity index (χ3n) is 4.62. The van der Waals surface area contributed by atoms with Gasteiger partial charge in [0.2, 0.25) is 5.91 Å². The zero-order valence-corrected chi connectivity index (χ0v) is 13.1. The van der Waals surface area contributed by atoms with Crippen molar-refractivity contribution in [2.75, 3.05) is 13.1 Å². The molecule has 1 N–H and O–H groups in total. The summed E-state index contributed by atoms with van der Waals surface area (Å²) in [4.78, 5) is 14.7. The highest BCUT2D eigenvalue weighted by atomic mass is 35.5. The summed E-state index contributed by atoms with van der Waals surface area (Å²) in [7, 11) is 0. The number of nitrogens with zero attached hydrogens (tertiary/aromatic N) is 1. The Balaban J connectivity index is 1.39. The van der Waals surface area contributed by atoms with Gasteiger partial charge in [-0.3, -0.25) is 4.79 Å². The summed E-state index contributed by atoms with van der Waals surface area (Å²) in [5.41, 5.74) is 0.982. The molecule has 1 saturated heterocycles. The van der Waals surface area contributed by atoms with Gasteiger partial charge in [-0.25, -0.2) is 0 Å². The van der Waals surface area contributed by atoms with Gasteiger partial charge in [0.1, 0.15) is 0 Å². The van der Waals surface area contributed by atoms with Crippen LogP contribution in [0.4, 0.5) is 0 Å². The minimum absolute atomic E-state index is 0.153. The van der Waals surface area contributed by atoms with Crippen LogP contribution in [0.25, 0.3) is 0 Å². The van der Waals surface area contributed by atoms with Gasteiger partial charge >= 0.3 is 0 Å². The van der Waals surface area contributed by atoms with Gasteiger partial charge in [0.15, 0.2) is 0 Å². The molecule has 2 aliphatic rings. The van der Waals surface area contributed by atoms with Crippen molar-refractivity contribution >= 4 is 17.5 Å². The van der Waals surface area contributed by atoms with Gasteiger partial charge < -0.3 is 10.2 Å². The van der Waals surface area contributed by atoms with Gasteiger partial charge in [-0.1, -0.05) is 29.8 Å². The van der Waals surface area contributed by atoms with Crippen LogP contribution in [0.15, 0.2) is 24.3 Å². The second-order valence-electron chi connectivity index (χ2n) is 6.28. The maximum absolute atomic E-state index is 12.1. The molecule has 0 spiro atoms. The number of amides is 1. The predicted octanol–water partition coefficient (Wildman–Crippen LogP) is 3.22. The fraction of sp³-hybridized carbons (Fsp3) is 0.588. The Kier molecular flexibility index (Phi) is 4.81. The van der Waals surface area contributed by atoms with Gasteiger partial charge in [-0.2, -0.15) is 0 Å². The summed E-state index contributed by atoms with van der Waals surface area (Å²) >= 11 is 6.09. The van der Waals surface area contributed by atoms with E-state index >= 15 is 0 Å². The number of nitrogens with one attached hydrogen (secondary N) is 1. The smallest absolute Gasteiger partial charge is 0.220 e. The molecule has 21 heavy (non-hydrogen) atoms. The van der Waals surface area contributed by atoms with E-state index in [0.29, 0.717) is 18.9 Å². The molecule has 1 heterocycles. The number of rotatable bonds is 5. The summed E-state index contributed by atoms with van der Waals surface area (Å²) in [6.07, 6.45) is 5.74. The van der Waals surface area contributed by atoms with Gasteiger partial charge in [0, 0.05) is 24.0 Å². The molecular weight excluding hydrogens is 284 g/mol. The third-order valence-corrected chi connectivity index (χ3v) is 4.99. The minimum atomic E-state index is 0.153. The average molecular weight is 307 g/mol. The Morgan fingerprint density at radius 2 is 1.90 bits per heavy atom. The number of piperidine rings is 1. The molecule has 114 valence electrons. The zero-order valence-electron chi connectivity index (χ0n) is 12.4. The summed E-state index contributed by atoms with van der Waals surface area (Å²) in [5, 5.41) is 3.71. The summed E-state index contributed by atoms with van der Waals surface area (Å²) < 4.78 is 0. The van der Waals surface area contributed by atoms with E-state index in [1.165, 1.54) is 25.9 Å². The second-order valence-corrected chi connectivity index (χ2v) is 6.69. The molecule has 4 heteroatoms. The first-order valence-electron chi connectivity index (χ1n) is 7.96. The Hall–Kier alpha value is -1.06. The van der Waals surface area contributed by atoms with E-state index in [1.54, 1.807) is 0 Å². The standard InChI is InChI=1S/C17H23ClN2O/c18-16-4-2-1-3-14(16)12-19-17(21)11-13-7-9-20(10-8-13)15-5-6-15/h1-4,13,15H,5-12H2,(H,19,21). The van der Waals surface area contributed by atoms with Crippen molar-refractivity contribution in [3.8, 4) is 0 Å². The monoisotopic (exact) mass is 306 g/mol. The molecule has 1 aliphatic heterocycles. The van der Waals surface area contributed by atoms with Crippen molar-refractivity contribution < 1.29 is 4.79 Å².